The maximum atomic E-state index is 13.1. The molecule has 1 amide bonds. The van der Waals surface area contributed by atoms with Crippen molar-refractivity contribution >= 4 is 44.9 Å². The van der Waals surface area contributed by atoms with Crippen molar-refractivity contribution in [1.29, 1.82) is 0 Å². The van der Waals surface area contributed by atoms with Crippen LogP contribution in [0.25, 0.3) is 0 Å². The van der Waals surface area contributed by atoms with E-state index in [2.05, 4.69) is 15.1 Å². The number of nitrogens with two attached hydrogens (primary N) is 2. The molecule has 164 valence electrons. The van der Waals surface area contributed by atoms with E-state index in [-0.39, 0.29) is 34.0 Å². The Bertz CT molecular complexity index is 1420. The summed E-state index contributed by atoms with van der Waals surface area (Å²) in [6, 6.07) is 13.7. The second kappa shape index (κ2) is 8.02. The minimum absolute atomic E-state index is 0.0454. The number of amidine groups is 1. The smallest absolute Gasteiger partial charge is 0.282 e. The third kappa shape index (κ3) is 3.79. The highest BCUT2D eigenvalue weighted by Crippen LogP contribution is 2.25. The zero-order valence-corrected chi connectivity index (χ0v) is 17.9. The lowest BCUT2D eigenvalue weighted by Crippen LogP contribution is -2.40. The van der Waals surface area contributed by atoms with Crippen molar-refractivity contribution in [2.24, 2.45) is 10.7 Å². The number of benzene rings is 2. The van der Waals surface area contributed by atoms with Gasteiger partial charge in [-0.2, -0.15) is 13.1 Å². The molecule has 0 unspecified atom stereocenters. The molecule has 1 aliphatic heterocycles. The molecule has 0 atom stereocenters. The van der Waals surface area contributed by atoms with E-state index in [0.29, 0.717) is 15.4 Å². The summed E-state index contributed by atoms with van der Waals surface area (Å²) in [5.74, 6) is -1.18. The van der Waals surface area contributed by atoms with E-state index in [0.717, 1.165) is 0 Å². The lowest BCUT2D eigenvalue weighted by molar-refractivity contribution is 0.102. The second-order valence-electron chi connectivity index (χ2n) is 6.82. The van der Waals surface area contributed by atoms with Gasteiger partial charge in [-0.15, -0.1) is 0 Å². The minimum atomic E-state index is -4.19. The average molecular weight is 473 g/mol. The highest BCUT2D eigenvalue weighted by molar-refractivity contribution is 7.92. The number of nitrogens with one attached hydrogen (secondary N) is 2. The summed E-state index contributed by atoms with van der Waals surface area (Å²) in [6.07, 6.45) is 0. The van der Waals surface area contributed by atoms with Crippen molar-refractivity contribution in [2.75, 3.05) is 15.9 Å². The Morgan fingerprint density at radius 2 is 1.72 bits per heavy atom. The first-order valence-corrected chi connectivity index (χ1v) is 11.1. The fourth-order valence-corrected chi connectivity index (χ4v) is 4.42. The number of fused-ring (bicyclic) bond motifs is 1. The van der Waals surface area contributed by atoms with Crippen molar-refractivity contribution < 1.29 is 13.2 Å². The molecule has 10 nitrogen and oxygen atoms in total. The lowest BCUT2D eigenvalue weighted by Gasteiger charge is -2.18. The van der Waals surface area contributed by atoms with Gasteiger partial charge in [0.15, 0.2) is 0 Å². The fourth-order valence-electron chi connectivity index (χ4n) is 3.25. The van der Waals surface area contributed by atoms with Crippen LogP contribution in [0.3, 0.4) is 0 Å². The van der Waals surface area contributed by atoms with Crippen LogP contribution in [0.15, 0.2) is 69.3 Å². The van der Waals surface area contributed by atoms with Gasteiger partial charge in [0.05, 0.1) is 22.6 Å². The summed E-state index contributed by atoms with van der Waals surface area (Å²) in [7, 11) is -4.19. The Hall–Kier alpha value is -3.83. The molecule has 1 aliphatic rings. The van der Waals surface area contributed by atoms with E-state index in [1.54, 1.807) is 30.3 Å². The minimum Gasteiger partial charge on any atom is -0.383 e. The molecular formula is C20H17ClN6O4S. The van der Waals surface area contributed by atoms with Gasteiger partial charge in [-0.05, 0) is 36.4 Å². The van der Waals surface area contributed by atoms with E-state index in [9.17, 15) is 18.0 Å². The van der Waals surface area contributed by atoms with Gasteiger partial charge in [0, 0.05) is 16.3 Å². The number of nitrogen functional groups attached to an aromatic ring is 1. The van der Waals surface area contributed by atoms with Crippen LogP contribution in [-0.2, 0) is 16.6 Å². The molecule has 0 bridgehead atoms. The van der Waals surface area contributed by atoms with E-state index >= 15 is 0 Å². The van der Waals surface area contributed by atoms with Crippen LogP contribution >= 0.6 is 11.6 Å². The van der Waals surface area contributed by atoms with Crippen LogP contribution in [-0.4, -0.2) is 24.8 Å². The summed E-state index contributed by atoms with van der Waals surface area (Å²) in [6.45, 7) is -0.0454. The number of hydrogen-bond acceptors (Lipinski definition) is 7. The van der Waals surface area contributed by atoms with Crippen LogP contribution in [0, 0.1) is 0 Å². The first-order valence-electron chi connectivity index (χ1n) is 9.21. The lowest BCUT2D eigenvalue weighted by atomic mass is 10.0. The Balaban J connectivity index is 1.82. The van der Waals surface area contributed by atoms with Gasteiger partial charge in [0.1, 0.15) is 11.7 Å². The van der Waals surface area contributed by atoms with Crippen molar-refractivity contribution in [3.05, 3.63) is 86.7 Å². The standard InChI is InChI=1S/C20H17ClN6O4S/c21-11-6-8-12(9-7-11)25-19(28)16-14-10-24-17(22)15(14)20(29)27(18(16)23)26-32(30,31)13-4-2-1-3-5-13/h1-9,26H,10,23H2,(H2,22,24)(H,25,28). The molecule has 0 saturated carbocycles. The van der Waals surface area contributed by atoms with E-state index in [1.807, 2.05) is 0 Å². The molecule has 4 rings (SSSR count). The average Bonchev–Trinajstić information content (AvgIpc) is 3.14. The molecule has 0 saturated heterocycles. The largest absolute Gasteiger partial charge is 0.383 e. The van der Waals surface area contributed by atoms with Crippen molar-refractivity contribution in [3.63, 3.8) is 0 Å². The molecule has 3 aromatic rings. The number of aromatic nitrogens is 1. The molecule has 1 aromatic heterocycles. The number of carbonyl (C=O) groups is 1. The van der Waals surface area contributed by atoms with Crippen LogP contribution in [0.1, 0.15) is 21.5 Å². The molecule has 0 aliphatic carbocycles. The first-order chi connectivity index (χ1) is 15.2. The van der Waals surface area contributed by atoms with E-state index < -0.39 is 27.3 Å². The fraction of sp³-hybridized carbons (Fsp3) is 0.0500. The molecule has 0 radical (unpaired) electrons. The van der Waals surface area contributed by atoms with Gasteiger partial charge in [-0.25, -0.2) is 4.83 Å². The van der Waals surface area contributed by atoms with Gasteiger partial charge in [-0.3, -0.25) is 14.6 Å². The number of aliphatic imine (C=N–C) groups is 1. The van der Waals surface area contributed by atoms with Crippen molar-refractivity contribution in [1.82, 2.24) is 4.68 Å². The summed E-state index contributed by atoms with van der Waals surface area (Å²) < 4.78 is 26.2. The summed E-state index contributed by atoms with van der Waals surface area (Å²) in [4.78, 5) is 32.1. The Morgan fingerprint density at radius 3 is 2.38 bits per heavy atom. The maximum absolute atomic E-state index is 13.1. The summed E-state index contributed by atoms with van der Waals surface area (Å²) in [5.41, 5.74) is 11.6. The normalized spacial score (nSPS) is 12.7. The molecular weight excluding hydrogens is 456 g/mol. The topological polar surface area (TPSA) is 162 Å². The van der Waals surface area contributed by atoms with Crippen molar-refractivity contribution in [2.45, 2.75) is 11.4 Å². The third-order valence-corrected chi connectivity index (χ3v) is 6.34. The van der Waals surface area contributed by atoms with Gasteiger partial charge in [0.25, 0.3) is 21.5 Å². The zero-order valence-electron chi connectivity index (χ0n) is 16.4. The summed E-state index contributed by atoms with van der Waals surface area (Å²) >= 11 is 5.87. The van der Waals surface area contributed by atoms with Gasteiger partial charge >= 0.3 is 0 Å². The van der Waals surface area contributed by atoms with Crippen LogP contribution < -0.4 is 27.2 Å². The molecule has 6 N–H and O–H groups in total. The number of carbonyl (C=O) groups excluding carboxylic acids is 1. The Morgan fingerprint density at radius 1 is 1.06 bits per heavy atom. The number of pyridine rings is 1. The monoisotopic (exact) mass is 472 g/mol. The summed E-state index contributed by atoms with van der Waals surface area (Å²) in [5, 5.41) is 3.13. The Kier molecular flexibility index (Phi) is 5.36. The molecule has 12 heteroatoms. The number of sulfonamides is 1. The van der Waals surface area contributed by atoms with E-state index in [4.69, 9.17) is 23.1 Å². The predicted octanol–water partition coefficient (Wildman–Crippen LogP) is 1.49. The van der Waals surface area contributed by atoms with E-state index in [1.165, 1.54) is 24.3 Å². The van der Waals surface area contributed by atoms with Gasteiger partial charge in [0.2, 0.25) is 0 Å². The molecule has 2 aromatic carbocycles. The molecule has 0 fully saturated rings. The third-order valence-electron chi connectivity index (χ3n) is 4.78. The number of halogens is 1. The number of rotatable bonds is 5. The number of nitrogens with zero attached hydrogens (tertiary/aromatic N) is 2. The number of hydrogen-bond donors (Lipinski definition) is 4. The number of anilines is 2. The van der Waals surface area contributed by atoms with Crippen LogP contribution in [0.4, 0.5) is 11.5 Å². The predicted molar refractivity (Wildman–Crippen MR) is 122 cm³/mol. The second-order valence-corrected chi connectivity index (χ2v) is 8.92. The highest BCUT2D eigenvalue weighted by atomic mass is 35.5. The maximum Gasteiger partial charge on any atom is 0.282 e. The molecule has 32 heavy (non-hydrogen) atoms. The van der Waals surface area contributed by atoms with Gasteiger partial charge in [-0.1, -0.05) is 29.8 Å². The van der Waals surface area contributed by atoms with Crippen molar-refractivity contribution in [3.8, 4) is 0 Å². The number of amides is 1. The van der Waals surface area contributed by atoms with Gasteiger partial charge < -0.3 is 16.8 Å². The molecule has 0 spiro atoms. The Labute approximate surface area is 187 Å². The van der Waals surface area contributed by atoms with Crippen LogP contribution in [0.2, 0.25) is 5.02 Å². The SMILES string of the molecule is NC1=NCc2c(C(=O)Nc3ccc(Cl)cc3)c(N)n(NS(=O)(=O)c3ccccc3)c(=O)c21. The highest BCUT2D eigenvalue weighted by Gasteiger charge is 2.31. The quantitative estimate of drug-likeness (QED) is 0.439. The first kappa shape index (κ1) is 21.4. The zero-order chi connectivity index (χ0) is 23.0. The van der Waals surface area contributed by atoms with Crippen LogP contribution in [0.5, 0.6) is 0 Å². The molecule has 2 heterocycles.